The number of amides is 2. The number of piperidine rings is 1. The van der Waals surface area contributed by atoms with E-state index in [2.05, 4.69) is 16.3 Å². The lowest BCUT2D eigenvalue weighted by Crippen LogP contribution is -2.33. The van der Waals surface area contributed by atoms with Crippen LogP contribution in [0.1, 0.15) is 35.2 Å². The van der Waals surface area contributed by atoms with Gasteiger partial charge in [-0.15, -0.1) is 0 Å². The van der Waals surface area contributed by atoms with Crippen LogP contribution in [0.25, 0.3) is 0 Å². The van der Waals surface area contributed by atoms with Crippen molar-refractivity contribution in [1.29, 1.82) is 0 Å². The molecule has 0 atom stereocenters. The Bertz CT molecular complexity index is 1220. The number of anilines is 3. The third-order valence-corrected chi connectivity index (χ3v) is 6.20. The number of rotatable bonds is 7. The van der Waals surface area contributed by atoms with Gasteiger partial charge in [0, 0.05) is 43.0 Å². The third-order valence-electron chi connectivity index (χ3n) is 6.20. The summed E-state index contributed by atoms with van der Waals surface area (Å²) < 4.78 is 0. The normalized spacial score (nSPS) is 13.2. The van der Waals surface area contributed by atoms with Crippen LogP contribution in [0.2, 0.25) is 0 Å². The molecule has 1 heterocycles. The molecule has 1 fully saturated rings. The molecule has 1 aliphatic rings. The van der Waals surface area contributed by atoms with Gasteiger partial charge in [-0.25, -0.2) is 0 Å². The predicted octanol–water partition coefficient (Wildman–Crippen LogP) is 5.04. The van der Waals surface area contributed by atoms with Gasteiger partial charge in [-0.05, 0) is 55.7 Å². The van der Waals surface area contributed by atoms with Crippen LogP contribution in [-0.2, 0) is 11.2 Å². The number of benzene rings is 3. The minimum Gasteiger partial charge on any atom is -0.370 e. The first-order valence-corrected chi connectivity index (χ1v) is 11.7. The van der Waals surface area contributed by atoms with Gasteiger partial charge in [0.2, 0.25) is 5.91 Å². The summed E-state index contributed by atoms with van der Waals surface area (Å²) in [6.07, 6.45) is 3.42. The van der Waals surface area contributed by atoms with Gasteiger partial charge in [0.05, 0.1) is 22.7 Å². The first-order valence-electron chi connectivity index (χ1n) is 11.7. The molecule has 0 radical (unpaired) electrons. The predicted molar refractivity (Wildman–Crippen MR) is 137 cm³/mol. The van der Waals surface area contributed by atoms with E-state index in [0.29, 0.717) is 16.8 Å². The summed E-state index contributed by atoms with van der Waals surface area (Å²) in [5.74, 6) is -0.516. The molecule has 3 aromatic carbocycles. The molecule has 35 heavy (non-hydrogen) atoms. The molecular formula is C27H28N4O4. The highest BCUT2D eigenvalue weighted by Gasteiger charge is 2.21. The van der Waals surface area contributed by atoms with Crippen molar-refractivity contribution < 1.29 is 14.5 Å². The zero-order valence-corrected chi connectivity index (χ0v) is 19.6. The zero-order chi connectivity index (χ0) is 24.8. The van der Waals surface area contributed by atoms with Crippen LogP contribution in [0.4, 0.5) is 22.7 Å². The second-order valence-corrected chi connectivity index (χ2v) is 8.59. The molecule has 8 nitrogen and oxygen atoms in total. The zero-order valence-electron chi connectivity index (χ0n) is 19.6. The molecule has 0 saturated carbocycles. The van der Waals surface area contributed by atoms with E-state index in [1.165, 1.54) is 12.5 Å². The summed E-state index contributed by atoms with van der Waals surface area (Å²) in [7, 11) is 1.77. The van der Waals surface area contributed by atoms with Crippen molar-refractivity contribution >= 4 is 34.6 Å². The van der Waals surface area contributed by atoms with E-state index < -0.39 is 4.92 Å². The topological polar surface area (TPSA) is 95.8 Å². The Morgan fingerprint density at radius 3 is 2.31 bits per heavy atom. The van der Waals surface area contributed by atoms with Crippen LogP contribution < -0.4 is 15.1 Å². The fraction of sp³-hybridized carbons (Fsp3) is 0.259. The Morgan fingerprint density at radius 2 is 1.60 bits per heavy atom. The SMILES string of the molecule is CN(C(=O)c1ccc(NC(=O)Cc2ccccc2[N+](=O)[O-])cc1)c1ccccc1N1CCCCC1. The Labute approximate surface area is 204 Å². The molecule has 0 spiro atoms. The van der Waals surface area contributed by atoms with E-state index in [1.807, 2.05) is 18.2 Å². The average molecular weight is 473 g/mol. The van der Waals surface area contributed by atoms with Gasteiger partial charge in [-0.3, -0.25) is 19.7 Å². The molecule has 3 aromatic rings. The second kappa shape index (κ2) is 10.8. The van der Waals surface area contributed by atoms with Crippen LogP contribution in [0.15, 0.2) is 72.8 Å². The van der Waals surface area contributed by atoms with Gasteiger partial charge >= 0.3 is 0 Å². The van der Waals surface area contributed by atoms with E-state index in [0.717, 1.165) is 37.3 Å². The molecule has 0 aliphatic carbocycles. The summed E-state index contributed by atoms with van der Waals surface area (Å²) in [4.78, 5) is 40.3. The number of hydrogen-bond acceptors (Lipinski definition) is 5. The van der Waals surface area contributed by atoms with Crippen molar-refractivity contribution in [3.8, 4) is 0 Å². The molecule has 0 aromatic heterocycles. The van der Waals surface area contributed by atoms with Crippen molar-refractivity contribution in [2.75, 3.05) is 35.3 Å². The Hall–Kier alpha value is -4.20. The first-order chi connectivity index (χ1) is 16.9. The minimum absolute atomic E-state index is 0.0866. The maximum absolute atomic E-state index is 13.2. The monoisotopic (exact) mass is 472 g/mol. The Kier molecular flexibility index (Phi) is 7.40. The molecule has 0 unspecified atom stereocenters. The van der Waals surface area contributed by atoms with E-state index in [4.69, 9.17) is 0 Å². The van der Waals surface area contributed by atoms with Gasteiger partial charge in [0.1, 0.15) is 0 Å². The lowest BCUT2D eigenvalue weighted by Gasteiger charge is -2.32. The van der Waals surface area contributed by atoms with E-state index >= 15 is 0 Å². The lowest BCUT2D eigenvalue weighted by atomic mass is 10.1. The molecular weight excluding hydrogens is 444 g/mol. The van der Waals surface area contributed by atoms with Crippen LogP contribution >= 0.6 is 0 Å². The van der Waals surface area contributed by atoms with Crippen molar-refractivity contribution in [3.05, 3.63) is 94.0 Å². The number of hydrogen-bond donors (Lipinski definition) is 1. The van der Waals surface area contributed by atoms with Crippen LogP contribution in [0, 0.1) is 10.1 Å². The standard InChI is InChI=1S/C27H28N4O4/c1-29(24-11-5-6-12-25(24)30-17-7-2-8-18-30)27(33)20-13-15-22(16-14-20)28-26(32)19-21-9-3-4-10-23(21)31(34)35/h3-6,9-16H,2,7-8,17-19H2,1H3,(H,28,32). The number of carbonyl (C=O) groups is 2. The summed E-state index contributed by atoms with van der Waals surface area (Å²) in [6.45, 7) is 1.97. The molecule has 0 bridgehead atoms. The fourth-order valence-corrected chi connectivity index (χ4v) is 4.37. The summed E-state index contributed by atoms with van der Waals surface area (Å²) in [5, 5.41) is 13.9. The molecule has 2 amide bonds. The van der Waals surface area contributed by atoms with E-state index in [9.17, 15) is 19.7 Å². The highest BCUT2D eigenvalue weighted by atomic mass is 16.6. The van der Waals surface area contributed by atoms with Crippen molar-refractivity contribution in [3.63, 3.8) is 0 Å². The summed E-state index contributed by atoms with van der Waals surface area (Å²) in [6, 6.07) is 20.8. The number of nitro benzene ring substituents is 1. The highest BCUT2D eigenvalue weighted by molar-refractivity contribution is 6.07. The smallest absolute Gasteiger partial charge is 0.273 e. The van der Waals surface area contributed by atoms with Gasteiger partial charge in [0.25, 0.3) is 11.6 Å². The lowest BCUT2D eigenvalue weighted by molar-refractivity contribution is -0.385. The summed E-state index contributed by atoms with van der Waals surface area (Å²) >= 11 is 0. The number of nitrogens with zero attached hydrogens (tertiary/aromatic N) is 3. The van der Waals surface area contributed by atoms with Gasteiger partial charge in [0.15, 0.2) is 0 Å². The number of nitro groups is 1. The van der Waals surface area contributed by atoms with Crippen LogP contribution in [-0.4, -0.2) is 36.9 Å². The van der Waals surface area contributed by atoms with Gasteiger partial charge in [-0.1, -0.05) is 30.3 Å². The third kappa shape index (κ3) is 5.66. The molecule has 1 aliphatic heterocycles. The minimum atomic E-state index is -0.497. The van der Waals surface area contributed by atoms with Gasteiger partial charge in [-0.2, -0.15) is 0 Å². The van der Waals surface area contributed by atoms with Crippen LogP contribution in [0.5, 0.6) is 0 Å². The maximum Gasteiger partial charge on any atom is 0.273 e. The quantitative estimate of drug-likeness (QED) is 0.384. The number of carbonyl (C=O) groups excluding carboxylic acids is 2. The largest absolute Gasteiger partial charge is 0.370 e. The highest BCUT2D eigenvalue weighted by Crippen LogP contribution is 2.31. The molecule has 8 heteroatoms. The van der Waals surface area contributed by atoms with Crippen molar-refractivity contribution in [1.82, 2.24) is 0 Å². The summed E-state index contributed by atoms with van der Waals surface area (Å²) in [5.41, 5.74) is 3.19. The molecule has 180 valence electrons. The van der Waals surface area contributed by atoms with Gasteiger partial charge < -0.3 is 15.1 Å². The van der Waals surface area contributed by atoms with E-state index in [1.54, 1.807) is 54.4 Å². The first kappa shape index (κ1) is 23.9. The van der Waals surface area contributed by atoms with Crippen molar-refractivity contribution in [2.45, 2.75) is 25.7 Å². The number of para-hydroxylation sites is 3. The molecule has 4 rings (SSSR count). The van der Waals surface area contributed by atoms with Crippen LogP contribution in [0.3, 0.4) is 0 Å². The Morgan fingerprint density at radius 1 is 0.943 bits per heavy atom. The maximum atomic E-state index is 13.2. The van der Waals surface area contributed by atoms with E-state index in [-0.39, 0.29) is 23.9 Å². The fourth-order valence-electron chi connectivity index (χ4n) is 4.37. The van der Waals surface area contributed by atoms with Crippen molar-refractivity contribution in [2.24, 2.45) is 0 Å². The molecule has 1 N–H and O–H groups in total. The Balaban J connectivity index is 1.43. The average Bonchev–Trinajstić information content (AvgIpc) is 2.89. The second-order valence-electron chi connectivity index (χ2n) is 8.59. The number of nitrogens with one attached hydrogen (secondary N) is 1. The molecule has 1 saturated heterocycles.